The Morgan fingerprint density at radius 3 is 2.53 bits per heavy atom. The summed E-state index contributed by atoms with van der Waals surface area (Å²) < 4.78 is 61.9. The Morgan fingerprint density at radius 1 is 1.00 bits per heavy atom. The topological polar surface area (TPSA) is 73.9 Å². The molecule has 0 fully saturated rings. The molecule has 3 N–H and O–H groups in total. The molecular weight excluding hydrogens is 474 g/mol. The summed E-state index contributed by atoms with van der Waals surface area (Å²) in [5.41, 5.74) is -0.211. The molecule has 0 saturated carbocycles. The first-order valence-electron chi connectivity index (χ1n) is 11.1. The molecule has 184 valence electrons. The molecule has 0 aliphatic heterocycles. The van der Waals surface area contributed by atoms with Crippen LogP contribution in [0.5, 0.6) is 11.5 Å². The molecule has 2 aromatic heterocycles. The molecule has 5 rings (SSSR count). The van der Waals surface area contributed by atoms with Crippen molar-refractivity contribution in [2.45, 2.75) is 25.4 Å². The minimum absolute atomic E-state index is 0.00107. The number of fused-ring (bicyclic) bond motifs is 1. The maximum atomic E-state index is 14.9. The predicted molar refractivity (Wildman–Crippen MR) is 127 cm³/mol. The number of H-pyrrole nitrogens is 2. The van der Waals surface area contributed by atoms with Gasteiger partial charge < -0.3 is 19.8 Å². The van der Waals surface area contributed by atoms with Gasteiger partial charge in [-0.25, -0.2) is 22.5 Å². The average molecular weight is 495 g/mol. The van der Waals surface area contributed by atoms with Gasteiger partial charge in [-0.2, -0.15) is 0 Å². The van der Waals surface area contributed by atoms with E-state index >= 15 is 0 Å². The van der Waals surface area contributed by atoms with Gasteiger partial charge in [-0.05, 0) is 36.8 Å². The van der Waals surface area contributed by atoms with Crippen LogP contribution in [0, 0.1) is 11.6 Å². The lowest BCUT2D eigenvalue weighted by Crippen LogP contribution is -2.23. The number of hydrogen-bond donors (Lipinski definition) is 3. The number of benzene rings is 3. The fourth-order valence-corrected chi connectivity index (χ4v) is 4.18. The molecule has 5 aromatic rings. The third-order valence-corrected chi connectivity index (χ3v) is 6.05. The first kappa shape index (κ1) is 23.6. The molecule has 0 radical (unpaired) electrons. The summed E-state index contributed by atoms with van der Waals surface area (Å²) in [4.78, 5) is 10.0. The van der Waals surface area contributed by atoms with E-state index in [-0.39, 0.29) is 34.1 Å². The fraction of sp³-hybridized carbons (Fsp3) is 0.148. The third kappa shape index (κ3) is 4.33. The van der Waals surface area contributed by atoms with Crippen LogP contribution in [0.2, 0.25) is 0 Å². The van der Waals surface area contributed by atoms with Crippen molar-refractivity contribution in [1.29, 1.82) is 0 Å². The Hall–Kier alpha value is -4.11. The summed E-state index contributed by atoms with van der Waals surface area (Å²) in [6.07, 6.45) is -0.450. The lowest BCUT2D eigenvalue weighted by atomic mass is 9.93. The van der Waals surface area contributed by atoms with E-state index < -0.39 is 30.1 Å². The molecule has 0 spiro atoms. The molecule has 0 saturated heterocycles. The quantitative estimate of drug-likeness (QED) is 0.220. The zero-order chi connectivity index (χ0) is 25.4. The summed E-state index contributed by atoms with van der Waals surface area (Å²) in [6, 6.07) is 15.3. The summed E-state index contributed by atoms with van der Waals surface area (Å²) in [6.45, 7) is 1.57. The van der Waals surface area contributed by atoms with Crippen LogP contribution >= 0.6 is 0 Å². The monoisotopic (exact) mass is 495 g/mol. The van der Waals surface area contributed by atoms with Crippen molar-refractivity contribution in [1.82, 2.24) is 15.0 Å². The van der Waals surface area contributed by atoms with Crippen LogP contribution < -0.4 is 4.74 Å². The van der Waals surface area contributed by atoms with Gasteiger partial charge in [-0.1, -0.05) is 30.3 Å². The maximum absolute atomic E-state index is 14.9. The summed E-state index contributed by atoms with van der Waals surface area (Å²) in [7, 11) is 0. The number of nitrogens with one attached hydrogen (secondary N) is 2. The summed E-state index contributed by atoms with van der Waals surface area (Å²) in [5.74, 6) is -1.68. The SMILES string of the molecule is CC(O)(c1ccccc1)c1c[nH]c(-c2cc(Oc3c(F)cc4[nH]ccc4c3CC(F)F)ccc2F)n1. The predicted octanol–water partition coefficient (Wildman–Crippen LogP) is 6.69. The number of aromatic nitrogens is 3. The van der Waals surface area contributed by atoms with E-state index in [1.54, 1.807) is 37.3 Å². The first-order valence-corrected chi connectivity index (χ1v) is 11.1. The minimum Gasteiger partial charge on any atom is -0.454 e. The minimum atomic E-state index is -2.73. The van der Waals surface area contributed by atoms with Gasteiger partial charge in [0.15, 0.2) is 11.6 Å². The highest BCUT2D eigenvalue weighted by molar-refractivity contribution is 5.85. The Labute approximate surface area is 203 Å². The van der Waals surface area contributed by atoms with E-state index in [4.69, 9.17) is 4.74 Å². The molecule has 1 atom stereocenters. The second-order valence-corrected chi connectivity index (χ2v) is 8.52. The zero-order valence-corrected chi connectivity index (χ0v) is 19.0. The summed E-state index contributed by atoms with van der Waals surface area (Å²) >= 11 is 0. The van der Waals surface area contributed by atoms with E-state index in [0.29, 0.717) is 16.5 Å². The van der Waals surface area contributed by atoms with Crippen molar-refractivity contribution in [2.24, 2.45) is 0 Å². The van der Waals surface area contributed by atoms with Crippen LogP contribution in [0.4, 0.5) is 17.6 Å². The number of ether oxygens (including phenoxy) is 1. The van der Waals surface area contributed by atoms with Gasteiger partial charge in [-0.3, -0.25) is 0 Å². The van der Waals surface area contributed by atoms with Crippen molar-refractivity contribution >= 4 is 10.9 Å². The van der Waals surface area contributed by atoms with Crippen LogP contribution in [0.25, 0.3) is 22.3 Å². The van der Waals surface area contributed by atoms with Gasteiger partial charge in [0.25, 0.3) is 0 Å². The molecule has 0 aliphatic rings. The van der Waals surface area contributed by atoms with Crippen LogP contribution in [-0.4, -0.2) is 26.5 Å². The molecule has 36 heavy (non-hydrogen) atoms. The number of halogens is 4. The van der Waals surface area contributed by atoms with Crippen LogP contribution in [0.15, 0.2) is 73.1 Å². The van der Waals surface area contributed by atoms with Gasteiger partial charge >= 0.3 is 0 Å². The zero-order valence-electron chi connectivity index (χ0n) is 19.0. The van der Waals surface area contributed by atoms with E-state index in [1.807, 2.05) is 6.07 Å². The second-order valence-electron chi connectivity index (χ2n) is 8.52. The number of nitrogens with zero attached hydrogens (tertiary/aromatic N) is 1. The molecule has 3 aromatic carbocycles. The average Bonchev–Trinajstić information content (AvgIpc) is 3.53. The normalized spacial score (nSPS) is 13.3. The lowest BCUT2D eigenvalue weighted by Gasteiger charge is -2.21. The van der Waals surface area contributed by atoms with Gasteiger partial charge in [-0.15, -0.1) is 0 Å². The first-order chi connectivity index (χ1) is 17.2. The largest absolute Gasteiger partial charge is 0.454 e. The van der Waals surface area contributed by atoms with Crippen molar-refractivity contribution in [3.8, 4) is 22.9 Å². The number of aromatic amines is 2. The Balaban J connectivity index is 1.51. The highest BCUT2D eigenvalue weighted by Crippen LogP contribution is 2.37. The fourth-order valence-electron chi connectivity index (χ4n) is 4.18. The molecule has 2 heterocycles. The number of rotatable bonds is 7. The van der Waals surface area contributed by atoms with E-state index in [0.717, 1.165) is 12.1 Å². The van der Waals surface area contributed by atoms with Gasteiger partial charge in [0, 0.05) is 41.3 Å². The summed E-state index contributed by atoms with van der Waals surface area (Å²) in [5, 5.41) is 11.4. The Kier molecular flexibility index (Phi) is 6.01. The van der Waals surface area contributed by atoms with Crippen molar-refractivity contribution in [2.75, 3.05) is 0 Å². The highest BCUT2D eigenvalue weighted by Gasteiger charge is 2.29. The van der Waals surface area contributed by atoms with Crippen LogP contribution in [-0.2, 0) is 12.0 Å². The molecular formula is C27H21F4N3O2. The molecule has 0 aliphatic carbocycles. The van der Waals surface area contributed by atoms with E-state index in [9.17, 15) is 22.7 Å². The van der Waals surface area contributed by atoms with Crippen LogP contribution in [0.3, 0.4) is 0 Å². The lowest BCUT2D eigenvalue weighted by molar-refractivity contribution is 0.0979. The van der Waals surface area contributed by atoms with E-state index in [2.05, 4.69) is 15.0 Å². The molecule has 0 amide bonds. The van der Waals surface area contributed by atoms with Crippen molar-refractivity contribution in [3.63, 3.8) is 0 Å². The Morgan fingerprint density at radius 2 is 1.78 bits per heavy atom. The van der Waals surface area contributed by atoms with Gasteiger partial charge in [0.2, 0.25) is 6.43 Å². The van der Waals surface area contributed by atoms with E-state index in [1.165, 1.54) is 24.5 Å². The van der Waals surface area contributed by atoms with Crippen LogP contribution in [0.1, 0.15) is 23.7 Å². The van der Waals surface area contributed by atoms with Crippen molar-refractivity contribution < 1.29 is 27.4 Å². The number of aliphatic hydroxyl groups is 1. The standard InChI is InChI=1S/C27H21F4N3O2/c1-27(35,15-5-3-2-4-6-15)23-14-33-26(34-23)19-11-16(7-8-20(19)28)36-25-18(12-24(30)31)17-9-10-32-22(17)13-21(25)29/h2-11,13-14,24,32,35H,12H2,1H3,(H,33,34). The number of alkyl halides is 2. The molecule has 9 heteroatoms. The number of imidazole rings is 1. The Bertz CT molecular complexity index is 1530. The molecule has 5 nitrogen and oxygen atoms in total. The molecule has 1 unspecified atom stereocenters. The van der Waals surface area contributed by atoms with Gasteiger partial charge in [0.05, 0.1) is 11.3 Å². The highest BCUT2D eigenvalue weighted by atomic mass is 19.3. The van der Waals surface area contributed by atoms with Gasteiger partial charge in [0.1, 0.15) is 23.0 Å². The van der Waals surface area contributed by atoms with Crippen molar-refractivity contribution in [3.05, 3.63) is 102 Å². The second kappa shape index (κ2) is 9.16. The number of hydrogen-bond acceptors (Lipinski definition) is 3. The smallest absolute Gasteiger partial charge is 0.242 e. The molecule has 0 bridgehead atoms. The third-order valence-electron chi connectivity index (χ3n) is 6.05. The maximum Gasteiger partial charge on any atom is 0.242 e.